The standard InChI is InChI=1S/C20H24N6O/c1-3-5-6-7-16(4-2)13-22-19-18-12-17(14-26(18)24-15-23-19)20(27)25-10-8-21-9-11-25/h3-7,12,14-15,21H,1-2,8-11,13H2,(H,22,23,24)/b6-5-,16-7+. The van der Waals surface area contributed by atoms with E-state index in [-0.39, 0.29) is 5.91 Å². The van der Waals surface area contributed by atoms with Crippen LogP contribution in [0.15, 0.2) is 67.7 Å². The van der Waals surface area contributed by atoms with Gasteiger partial charge in [0.2, 0.25) is 0 Å². The van der Waals surface area contributed by atoms with Gasteiger partial charge in [-0.3, -0.25) is 4.79 Å². The summed E-state index contributed by atoms with van der Waals surface area (Å²) in [6.07, 6.45) is 12.5. The highest BCUT2D eigenvalue weighted by Crippen LogP contribution is 2.18. The molecule has 0 spiro atoms. The Kier molecular flexibility index (Phi) is 6.17. The molecule has 2 aromatic heterocycles. The van der Waals surface area contributed by atoms with E-state index >= 15 is 0 Å². The molecule has 0 aromatic carbocycles. The van der Waals surface area contributed by atoms with Crippen molar-refractivity contribution >= 4 is 17.2 Å². The van der Waals surface area contributed by atoms with Crippen LogP contribution in [0.2, 0.25) is 0 Å². The first kappa shape index (κ1) is 18.6. The maximum absolute atomic E-state index is 12.7. The average molecular weight is 364 g/mol. The number of hydrogen-bond acceptors (Lipinski definition) is 5. The average Bonchev–Trinajstić information content (AvgIpc) is 3.15. The topological polar surface area (TPSA) is 74.6 Å². The molecule has 7 nitrogen and oxygen atoms in total. The molecule has 3 rings (SSSR count). The van der Waals surface area contributed by atoms with E-state index in [1.165, 1.54) is 6.33 Å². The van der Waals surface area contributed by atoms with Crippen LogP contribution in [0, 0.1) is 0 Å². The van der Waals surface area contributed by atoms with Crippen LogP contribution < -0.4 is 10.6 Å². The Bertz CT molecular complexity index is 889. The molecule has 0 atom stereocenters. The van der Waals surface area contributed by atoms with E-state index in [9.17, 15) is 4.79 Å². The van der Waals surface area contributed by atoms with Gasteiger partial charge in [0.25, 0.3) is 5.91 Å². The fourth-order valence-corrected chi connectivity index (χ4v) is 2.88. The van der Waals surface area contributed by atoms with Gasteiger partial charge >= 0.3 is 0 Å². The lowest BCUT2D eigenvalue weighted by atomic mass is 10.2. The van der Waals surface area contributed by atoms with Crippen LogP contribution in [0.4, 0.5) is 5.82 Å². The van der Waals surface area contributed by atoms with Crippen molar-refractivity contribution in [2.24, 2.45) is 0 Å². The summed E-state index contributed by atoms with van der Waals surface area (Å²) < 4.78 is 1.68. The zero-order chi connectivity index (χ0) is 19.1. The van der Waals surface area contributed by atoms with E-state index in [0.717, 1.165) is 24.2 Å². The molecule has 2 N–H and O–H groups in total. The largest absolute Gasteiger partial charge is 0.364 e. The van der Waals surface area contributed by atoms with E-state index in [2.05, 4.69) is 33.9 Å². The van der Waals surface area contributed by atoms with Crippen LogP contribution in [0.1, 0.15) is 10.4 Å². The lowest BCUT2D eigenvalue weighted by molar-refractivity contribution is 0.0736. The number of rotatable bonds is 7. The third-order valence-electron chi connectivity index (χ3n) is 4.34. The summed E-state index contributed by atoms with van der Waals surface area (Å²) in [6, 6.07) is 1.83. The van der Waals surface area contributed by atoms with E-state index < -0.39 is 0 Å². The molecule has 1 aliphatic heterocycles. The number of nitrogens with one attached hydrogen (secondary N) is 2. The third kappa shape index (κ3) is 4.51. The second-order valence-electron chi connectivity index (χ2n) is 6.13. The van der Waals surface area contributed by atoms with Crippen LogP contribution in [0.3, 0.4) is 0 Å². The molecule has 0 bridgehead atoms. The fraction of sp³-hybridized carbons (Fsp3) is 0.250. The highest BCUT2D eigenvalue weighted by Gasteiger charge is 2.20. The number of amides is 1. The van der Waals surface area contributed by atoms with Crippen LogP contribution in [-0.4, -0.2) is 58.1 Å². The molecule has 7 heteroatoms. The molecular weight excluding hydrogens is 340 g/mol. The molecule has 1 saturated heterocycles. The third-order valence-corrected chi connectivity index (χ3v) is 4.34. The summed E-state index contributed by atoms with van der Waals surface area (Å²) in [5, 5.41) is 10.8. The monoisotopic (exact) mass is 364 g/mol. The molecule has 0 unspecified atom stereocenters. The van der Waals surface area contributed by atoms with Crippen molar-refractivity contribution in [3.63, 3.8) is 0 Å². The number of piperazine rings is 1. The number of carbonyl (C=O) groups is 1. The smallest absolute Gasteiger partial charge is 0.255 e. The van der Waals surface area contributed by atoms with Gasteiger partial charge in [0.1, 0.15) is 11.8 Å². The summed E-state index contributed by atoms with van der Waals surface area (Å²) in [6.45, 7) is 11.1. The Morgan fingerprint density at radius 2 is 2.11 bits per heavy atom. The number of hydrogen-bond donors (Lipinski definition) is 2. The van der Waals surface area contributed by atoms with Gasteiger partial charge < -0.3 is 15.5 Å². The number of carbonyl (C=O) groups excluding carboxylic acids is 1. The Balaban J connectivity index is 1.78. The predicted molar refractivity (Wildman–Crippen MR) is 108 cm³/mol. The van der Waals surface area contributed by atoms with Gasteiger partial charge in [0.05, 0.1) is 5.56 Å². The second-order valence-corrected chi connectivity index (χ2v) is 6.13. The first-order chi connectivity index (χ1) is 13.2. The van der Waals surface area contributed by atoms with E-state index in [0.29, 0.717) is 31.0 Å². The van der Waals surface area contributed by atoms with E-state index in [4.69, 9.17) is 0 Å². The molecular formula is C20H24N6O. The molecule has 2 aromatic rings. The lowest BCUT2D eigenvalue weighted by Crippen LogP contribution is -2.46. The number of anilines is 1. The van der Waals surface area contributed by atoms with Crippen LogP contribution >= 0.6 is 0 Å². The minimum absolute atomic E-state index is 0.0224. The highest BCUT2D eigenvalue weighted by atomic mass is 16.2. The summed E-state index contributed by atoms with van der Waals surface area (Å²) >= 11 is 0. The van der Waals surface area contributed by atoms with Crippen molar-refractivity contribution in [3.8, 4) is 0 Å². The maximum atomic E-state index is 12.7. The lowest BCUT2D eigenvalue weighted by Gasteiger charge is -2.26. The summed E-state index contributed by atoms with van der Waals surface area (Å²) in [5.74, 6) is 0.694. The van der Waals surface area contributed by atoms with Gasteiger partial charge in [-0.2, -0.15) is 5.10 Å². The minimum Gasteiger partial charge on any atom is -0.364 e. The maximum Gasteiger partial charge on any atom is 0.255 e. The Morgan fingerprint density at radius 3 is 2.85 bits per heavy atom. The van der Waals surface area contributed by atoms with Crippen molar-refractivity contribution in [3.05, 3.63) is 73.3 Å². The van der Waals surface area contributed by atoms with Gasteiger partial charge in [0.15, 0.2) is 5.82 Å². The fourth-order valence-electron chi connectivity index (χ4n) is 2.88. The summed E-state index contributed by atoms with van der Waals surface area (Å²) in [4.78, 5) is 18.9. The van der Waals surface area contributed by atoms with E-state index in [1.54, 1.807) is 22.9 Å². The molecule has 27 heavy (non-hydrogen) atoms. The number of fused-ring (bicyclic) bond motifs is 1. The second kappa shape index (κ2) is 8.95. The van der Waals surface area contributed by atoms with Crippen molar-refractivity contribution in [1.82, 2.24) is 24.8 Å². The molecule has 0 aliphatic carbocycles. The molecule has 3 heterocycles. The van der Waals surface area contributed by atoms with Gasteiger partial charge in [-0.15, -0.1) is 0 Å². The van der Waals surface area contributed by atoms with Crippen LogP contribution in [0.5, 0.6) is 0 Å². The summed E-state index contributed by atoms with van der Waals surface area (Å²) in [7, 11) is 0. The van der Waals surface area contributed by atoms with Gasteiger partial charge in [-0.1, -0.05) is 43.5 Å². The number of allylic oxidation sites excluding steroid dienone is 4. The van der Waals surface area contributed by atoms with Crippen molar-refractivity contribution in [2.45, 2.75) is 0 Å². The normalized spacial score (nSPS) is 15.3. The number of nitrogens with zero attached hydrogens (tertiary/aromatic N) is 4. The van der Waals surface area contributed by atoms with Crippen molar-refractivity contribution < 1.29 is 4.79 Å². The molecule has 1 amide bonds. The highest BCUT2D eigenvalue weighted by molar-refractivity contribution is 5.96. The summed E-state index contributed by atoms with van der Waals surface area (Å²) in [5.41, 5.74) is 2.39. The van der Waals surface area contributed by atoms with Crippen molar-refractivity contribution in [2.75, 3.05) is 38.0 Å². The number of aromatic nitrogens is 3. The first-order valence-electron chi connectivity index (χ1n) is 8.91. The Morgan fingerprint density at radius 1 is 1.30 bits per heavy atom. The van der Waals surface area contributed by atoms with E-state index in [1.807, 2.05) is 29.2 Å². The van der Waals surface area contributed by atoms with Gasteiger partial charge in [-0.25, -0.2) is 9.50 Å². The minimum atomic E-state index is 0.0224. The Hall–Kier alpha value is -3.19. The SMILES string of the molecule is C=C/C=C\C=C(/C=C)CNc1ncnn2cc(C(=O)N3CCNCC3)cc12. The van der Waals surface area contributed by atoms with Gasteiger partial charge in [-0.05, 0) is 11.6 Å². The Labute approximate surface area is 158 Å². The van der Waals surface area contributed by atoms with Gasteiger partial charge in [0, 0.05) is 38.9 Å². The molecule has 1 aliphatic rings. The quantitative estimate of drug-likeness (QED) is 0.736. The van der Waals surface area contributed by atoms with Crippen molar-refractivity contribution in [1.29, 1.82) is 0 Å². The molecule has 1 fully saturated rings. The van der Waals surface area contributed by atoms with Crippen LogP contribution in [-0.2, 0) is 0 Å². The predicted octanol–water partition coefficient (Wildman–Crippen LogP) is 2.04. The molecule has 140 valence electrons. The zero-order valence-electron chi connectivity index (χ0n) is 15.3. The first-order valence-corrected chi connectivity index (χ1v) is 8.91. The van der Waals surface area contributed by atoms with Crippen LogP contribution in [0.25, 0.3) is 5.52 Å². The molecule has 0 saturated carbocycles. The zero-order valence-corrected chi connectivity index (χ0v) is 15.3. The molecule has 0 radical (unpaired) electrons.